The molecule has 0 spiro atoms. The molecule has 2 N–H and O–H groups in total. The summed E-state index contributed by atoms with van der Waals surface area (Å²) in [6.45, 7) is 4.56. The number of carbonyl (C=O) groups is 1. The second-order valence-electron chi connectivity index (χ2n) is 8.10. The Morgan fingerprint density at radius 2 is 1.91 bits per heavy atom. The molecular formula is C24H22ClN5O5. The van der Waals surface area contributed by atoms with Gasteiger partial charge in [-0.25, -0.2) is 9.78 Å². The number of nitrogens with zero attached hydrogens (tertiary/aromatic N) is 4. The van der Waals surface area contributed by atoms with Crippen molar-refractivity contribution < 1.29 is 19.4 Å². The maximum absolute atomic E-state index is 12.0. The minimum atomic E-state index is -1.13. The van der Waals surface area contributed by atoms with E-state index in [0.717, 1.165) is 42.1 Å². The van der Waals surface area contributed by atoms with Gasteiger partial charge in [0.1, 0.15) is 11.8 Å². The predicted octanol–water partition coefficient (Wildman–Crippen LogP) is 3.71. The summed E-state index contributed by atoms with van der Waals surface area (Å²) < 4.78 is 12.2. The van der Waals surface area contributed by atoms with E-state index in [1.165, 1.54) is 25.3 Å². The lowest BCUT2D eigenvalue weighted by molar-refractivity contribution is -0.140. The van der Waals surface area contributed by atoms with Crippen molar-refractivity contribution in [3.05, 3.63) is 64.0 Å². The van der Waals surface area contributed by atoms with Crippen LogP contribution in [0.2, 0.25) is 5.02 Å². The number of fused-ring (bicyclic) bond motifs is 1. The number of nitrogens with one attached hydrogen (secondary N) is 1. The number of aromatic amines is 1. The van der Waals surface area contributed by atoms with Crippen LogP contribution >= 0.6 is 11.6 Å². The van der Waals surface area contributed by atoms with E-state index >= 15 is 0 Å². The molecule has 5 rings (SSSR count). The van der Waals surface area contributed by atoms with E-state index < -0.39 is 17.6 Å². The largest absolute Gasteiger partial charge is 0.480 e. The van der Waals surface area contributed by atoms with Crippen LogP contribution in [0.1, 0.15) is 13.0 Å². The Kier molecular flexibility index (Phi) is 6.14. The van der Waals surface area contributed by atoms with Gasteiger partial charge in [0.25, 0.3) is 5.56 Å². The van der Waals surface area contributed by atoms with Gasteiger partial charge in [-0.2, -0.15) is 4.98 Å². The standard InChI is InChI=1S/C24H22ClN5O5/c1-14(23(32)33)30-13-17(6-7-20(30)31)35-24-26-19-12-18(25)21(27-22(19)28-24)15-2-4-16(5-3-15)29-8-10-34-11-9-29/h2-7,12-14H,8-11H2,1H3,(H,32,33)(H,26,27,28). The molecule has 10 nitrogen and oxygen atoms in total. The van der Waals surface area contributed by atoms with Crippen LogP contribution in [0.3, 0.4) is 0 Å². The Bertz CT molecular complexity index is 1440. The Hall–Kier alpha value is -3.89. The molecule has 0 saturated carbocycles. The lowest BCUT2D eigenvalue weighted by Gasteiger charge is -2.28. The fourth-order valence-electron chi connectivity index (χ4n) is 3.88. The maximum Gasteiger partial charge on any atom is 0.326 e. The number of carboxylic acid groups (broad SMARTS) is 1. The number of imidazole rings is 1. The molecular weight excluding hydrogens is 474 g/mol. The minimum absolute atomic E-state index is 0.136. The van der Waals surface area contributed by atoms with Crippen LogP contribution in [0.4, 0.5) is 5.69 Å². The molecule has 1 aliphatic rings. The number of aromatic nitrogens is 4. The summed E-state index contributed by atoms with van der Waals surface area (Å²) >= 11 is 6.53. The molecule has 1 unspecified atom stereocenters. The van der Waals surface area contributed by atoms with Gasteiger partial charge in [-0.05, 0) is 31.2 Å². The zero-order valence-corrected chi connectivity index (χ0v) is 19.5. The Morgan fingerprint density at radius 1 is 1.17 bits per heavy atom. The van der Waals surface area contributed by atoms with E-state index in [1.807, 2.05) is 24.3 Å². The number of ether oxygens (including phenoxy) is 2. The topological polar surface area (TPSA) is 123 Å². The number of pyridine rings is 2. The molecule has 4 heterocycles. The first-order valence-corrected chi connectivity index (χ1v) is 11.4. The molecule has 1 aliphatic heterocycles. The van der Waals surface area contributed by atoms with Crippen LogP contribution in [0.25, 0.3) is 22.4 Å². The van der Waals surface area contributed by atoms with Crippen molar-refractivity contribution in [3.63, 3.8) is 0 Å². The van der Waals surface area contributed by atoms with Crippen LogP contribution in [-0.2, 0) is 9.53 Å². The highest BCUT2D eigenvalue weighted by atomic mass is 35.5. The molecule has 180 valence electrons. The third kappa shape index (κ3) is 4.71. The van der Waals surface area contributed by atoms with Crippen molar-refractivity contribution in [2.24, 2.45) is 0 Å². The molecule has 35 heavy (non-hydrogen) atoms. The van der Waals surface area contributed by atoms with E-state index in [9.17, 15) is 14.7 Å². The Morgan fingerprint density at radius 3 is 2.63 bits per heavy atom. The number of halogens is 1. The van der Waals surface area contributed by atoms with Crippen molar-refractivity contribution in [1.29, 1.82) is 0 Å². The fourth-order valence-corrected chi connectivity index (χ4v) is 4.14. The van der Waals surface area contributed by atoms with Crippen LogP contribution in [0.5, 0.6) is 11.8 Å². The third-order valence-electron chi connectivity index (χ3n) is 5.82. The summed E-state index contributed by atoms with van der Waals surface area (Å²) in [6.07, 6.45) is 1.33. The van der Waals surface area contributed by atoms with Gasteiger partial charge < -0.3 is 24.5 Å². The lowest BCUT2D eigenvalue weighted by Crippen LogP contribution is -2.36. The van der Waals surface area contributed by atoms with E-state index in [1.54, 1.807) is 6.07 Å². The highest BCUT2D eigenvalue weighted by Gasteiger charge is 2.17. The van der Waals surface area contributed by atoms with E-state index in [-0.39, 0.29) is 11.8 Å². The molecule has 1 aromatic carbocycles. The summed E-state index contributed by atoms with van der Waals surface area (Å²) in [5.74, 6) is -0.876. The fraction of sp³-hybridized carbons (Fsp3) is 0.250. The first-order chi connectivity index (χ1) is 16.9. The predicted molar refractivity (Wildman–Crippen MR) is 130 cm³/mol. The number of hydrogen-bond donors (Lipinski definition) is 2. The van der Waals surface area contributed by atoms with Crippen molar-refractivity contribution in [3.8, 4) is 23.0 Å². The summed E-state index contributed by atoms with van der Waals surface area (Å²) in [5, 5.41) is 9.67. The number of rotatable bonds is 6. The second kappa shape index (κ2) is 9.40. The van der Waals surface area contributed by atoms with E-state index in [2.05, 4.69) is 19.9 Å². The molecule has 1 saturated heterocycles. The quantitative estimate of drug-likeness (QED) is 0.415. The number of carboxylic acids is 1. The number of H-pyrrole nitrogens is 1. The summed E-state index contributed by atoms with van der Waals surface area (Å²) in [5.41, 5.74) is 3.09. The van der Waals surface area contributed by atoms with Crippen LogP contribution in [-0.4, -0.2) is 56.9 Å². The summed E-state index contributed by atoms with van der Waals surface area (Å²) in [4.78, 5) is 37.6. The minimum Gasteiger partial charge on any atom is -0.480 e. The molecule has 4 aromatic rings. The molecule has 1 fully saturated rings. The molecule has 0 bridgehead atoms. The Labute approximate surface area is 204 Å². The van der Waals surface area contributed by atoms with Gasteiger partial charge in [-0.15, -0.1) is 0 Å². The highest BCUT2D eigenvalue weighted by Crippen LogP contribution is 2.31. The van der Waals surface area contributed by atoms with Crippen molar-refractivity contribution in [2.45, 2.75) is 13.0 Å². The van der Waals surface area contributed by atoms with E-state index in [4.69, 9.17) is 21.1 Å². The van der Waals surface area contributed by atoms with Gasteiger partial charge in [-0.3, -0.25) is 9.36 Å². The van der Waals surface area contributed by atoms with Crippen molar-refractivity contribution in [1.82, 2.24) is 19.5 Å². The normalized spacial score (nSPS) is 14.7. The number of anilines is 1. The monoisotopic (exact) mass is 495 g/mol. The van der Waals surface area contributed by atoms with Crippen molar-refractivity contribution in [2.75, 3.05) is 31.2 Å². The number of aliphatic carboxylic acids is 1. The van der Waals surface area contributed by atoms with Gasteiger partial charge in [0, 0.05) is 30.4 Å². The highest BCUT2D eigenvalue weighted by molar-refractivity contribution is 6.33. The SMILES string of the molecule is CC(C(=O)O)n1cc(Oc2nc3nc(-c4ccc(N5CCOCC5)cc4)c(Cl)cc3[nH]2)ccc1=O. The molecule has 0 aliphatic carbocycles. The third-order valence-corrected chi connectivity index (χ3v) is 6.11. The number of benzene rings is 1. The van der Waals surface area contributed by atoms with E-state index in [0.29, 0.717) is 21.9 Å². The van der Waals surface area contributed by atoms with Gasteiger partial charge in [-0.1, -0.05) is 23.7 Å². The van der Waals surface area contributed by atoms with Gasteiger partial charge in [0.05, 0.1) is 35.6 Å². The zero-order chi connectivity index (χ0) is 24.5. The van der Waals surface area contributed by atoms with Crippen molar-refractivity contribution >= 4 is 34.4 Å². The summed E-state index contributed by atoms with van der Waals surface area (Å²) in [6, 6.07) is 11.5. The molecule has 1 atom stereocenters. The van der Waals surface area contributed by atoms with Crippen LogP contribution in [0, 0.1) is 0 Å². The van der Waals surface area contributed by atoms with Crippen LogP contribution < -0.4 is 15.2 Å². The van der Waals surface area contributed by atoms with Gasteiger partial charge in [0.15, 0.2) is 5.65 Å². The Balaban J connectivity index is 1.40. The first-order valence-electron chi connectivity index (χ1n) is 11.0. The molecule has 0 amide bonds. The van der Waals surface area contributed by atoms with Gasteiger partial charge in [0.2, 0.25) is 0 Å². The first kappa shape index (κ1) is 22.9. The molecule has 3 aromatic heterocycles. The molecule has 11 heteroatoms. The number of morpholine rings is 1. The summed E-state index contributed by atoms with van der Waals surface area (Å²) in [7, 11) is 0. The number of hydrogen-bond acceptors (Lipinski definition) is 7. The maximum atomic E-state index is 12.0. The second-order valence-corrected chi connectivity index (χ2v) is 8.51. The van der Waals surface area contributed by atoms with Crippen LogP contribution in [0.15, 0.2) is 53.5 Å². The zero-order valence-electron chi connectivity index (χ0n) is 18.8. The lowest BCUT2D eigenvalue weighted by atomic mass is 10.1. The smallest absolute Gasteiger partial charge is 0.326 e. The molecule has 0 radical (unpaired) electrons. The van der Waals surface area contributed by atoms with Gasteiger partial charge >= 0.3 is 12.0 Å². The average molecular weight is 496 g/mol. The average Bonchev–Trinajstić information content (AvgIpc) is 3.25.